The number of halogens is 6. The van der Waals surface area contributed by atoms with E-state index in [0.29, 0.717) is 11.1 Å². The number of nitrogens with one attached hydrogen (secondary N) is 1. The maximum atomic E-state index is 14.5. The van der Waals surface area contributed by atoms with Crippen LogP contribution < -0.4 is 5.32 Å². The maximum absolute atomic E-state index is 14.5. The van der Waals surface area contributed by atoms with Crippen molar-refractivity contribution in [3.63, 3.8) is 0 Å². The normalized spacial score (nSPS) is 19.3. The molecule has 0 aliphatic carbocycles. The number of nitrogens with zero attached hydrogens (tertiary/aromatic N) is 5. The van der Waals surface area contributed by atoms with E-state index in [4.69, 9.17) is 0 Å². The number of likely N-dealkylation sites (tertiary alicyclic amines) is 1. The summed E-state index contributed by atoms with van der Waals surface area (Å²) in [5.74, 6) is -1.24. The van der Waals surface area contributed by atoms with Gasteiger partial charge in [0.05, 0.1) is 36.3 Å². The highest BCUT2D eigenvalue weighted by Gasteiger charge is 2.63. The number of rotatable bonds is 10. The summed E-state index contributed by atoms with van der Waals surface area (Å²) in [6.07, 6.45) is -8.92. The van der Waals surface area contributed by atoms with Crippen molar-refractivity contribution < 1.29 is 50.3 Å². The lowest BCUT2D eigenvalue weighted by Crippen LogP contribution is -2.82. The van der Waals surface area contributed by atoms with Crippen molar-refractivity contribution in [1.29, 1.82) is 0 Å². The number of piperazine rings is 2. The van der Waals surface area contributed by atoms with E-state index in [0.717, 1.165) is 46.5 Å². The van der Waals surface area contributed by atoms with Crippen molar-refractivity contribution in [2.45, 2.75) is 81.5 Å². The van der Waals surface area contributed by atoms with Gasteiger partial charge < -0.3 is 29.8 Å². The minimum Gasteiger partial charge on any atom is -0.337 e. The second-order valence-corrected chi connectivity index (χ2v) is 19.5. The minimum absolute atomic E-state index is 0.0209. The molecule has 2 spiro atoms. The van der Waals surface area contributed by atoms with Crippen molar-refractivity contribution in [2.75, 3.05) is 26.2 Å². The lowest BCUT2D eigenvalue weighted by atomic mass is 9.80. The molecule has 4 saturated heterocycles. The summed E-state index contributed by atoms with van der Waals surface area (Å²) < 4.78 is 78.3. The molecule has 2 unspecified atom stereocenters. The molecule has 388 valence electrons. The second-order valence-electron chi connectivity index (χ2n) is 19.5. The standard InChI is InChI=1S/C30H28F3N3O3.C28H26F3N3O2/c1-20-27(38)35(17-22-13-15-25(16-14-22)30(31,32)33)29(18-34(19-29)21(2)37)28(39)36(20)26(23-9-5-3-6-10-23)24-11-7-4-8-12-24;1-19-25(35)33(16-20-12-14-23(15-13-20)28(29,30)31)27(17-32-18-27)26(36)34(19)24(21-8-4-2-5-9-21)22-10-6-3-7-11-22/h3-16,20,26H,17-19H2,1-2H3;2-15,19,24,32H,16-18H2,1H3. The molecule has 6 aromatic rings. The molecular formula is C58H54F6N6O5. The quantitative estimate of drug-likeness (QED) is 0.137. The highest BCUT2D eigenvalue weighted by Crippen LogP contribution is 2.44. The van der Waals surface area contributed by atoms with E-state index in [9.17, 15) is 50.3 Å². The topological polar surface area (TPSA) is 114 Å². The smallest absolute Gasteiger partial charge is 0.337 e. The highest BCUT2D eigenvalue weighted by molar-refractivity contribution is 6.03. The van der Waals surface area contributed by atoms with Gasteiger partial charge in [0.2, 0.25) is 17.7 Å². The molecule has 0 bridgehead atoms. The third-order valence-corrected chi connectivity index (χ3v) is 14.8. The van der Waals surface area contributed by atoms with Crippen molar-refractivity contribution in [2.24, 2.45) is 0 Å². The summed E-state index contributed by atoms with van der Waals surface area (Å²) in [4.78, 5) is 76.4. The molecule has 5 amide bonds. The zero-order chi connectivity index (χ0) is 53.5. The maximum Gasteiger partial charge on any atom is 0.416 e. The molecule has 17 heteroatoms. The van der Waals surface area contributed by atoms with Crippen molar-refractivity contribution in [1.82, 2.24) is 29.8 Å². The van der Waals surface area contributed by atoms with E-state index in [1.54, 1.807) is 28.5 Å². The third-order valence-electron chi connectivity index (χ3n) is 14.8. The first kappa shape index (κ1) is 52.1. The molecule has 4 aliphatic heterocycles. The Morgan fingerprint density at radius 3 is 1.09 bits per heavy atom. The predicted octanol–water partition coefficient (Wildman–Crippen LogP) is 9.05. The highest BCUT2D eigenvalue weighted by atomic mass is 19.4. The molecule has 0 saturated carbocycles. The molecule has 0 radical (unpaired) electrons. The van der Waals surface area contributed by atoms with Gasteiger partial charge >= 0.3 is 12.4 Å². The number of benzene rings is 6. The van der Waals surface area contributed by atoms with Crippen LogP contribution in [0.3, 0.4) is 0 Å². The minimum atomic E-state index is -4.48. The fourth-order valence-corrected chi connectivity index (χ4v) is 10.7. The fraction of sp³-hybridized carbons (Fsp3) is 0.293. The first-order chi connectivity index (χ1) is 35.7. The number of carbonyl (C=O) groups is 5. The Morgan fingerprint density at radius 2 is 0.813 bits per heavy atom. The van der Waals surface area contributed by atoms with Crippen LogP contribution in [0.1, 0.15) is 77.4 Å². The van der Waals surface area contributed by atoms with E-state index in [-0.39, 0.29) is 68.8 Å². The van der Waals surface area contributed by atoms with Crippen LogP contribution in [-0.4, -0.2) is 103 Å². The first-order valence-electron chi connectivity index (χ1n) is 24.5. The van der Waals surface area contributed by atoms with Crippen LogP contribution >= 0.6 is 0 Å². The van der Waals surface area contributed by atoms with Crippen LogP contribution in [0, 0.1) is 0 Å². The second kappa shape index (κ2) is 20.5. The van der Waals surface area contributed by atoms with Gasteiger partial charge in [-0.05, 0) is 71.5 Å². The number of hydrogen-bond donors (Lipinski definition) is 1. The number of amides is 5. The first-order valence-corrected chi connectivity index (χ1v) is 24.5. The van der Waals surface area contributed by atoms with Crippen molar-refractivity contribution >= 4 is 29.5 Å². The van der Waals surface area contributed by atoms with Crippen molar-refractivity contribution in [3.05, 3.63) is 214 Å². The Bertz CT molecular complexity index is 2950. The zero-order valence-electron chi connectivity index (χ0n) is 41.3. The molecule has 0 aromatic heterocycles. The molecule has 4 fully saturated rings. The predicted molar refractivity (Wildman–Crippen MR) is 267 cm³/mol. The summed E-state index contributed by atoms with van der Waals surface area (Å²) in [7, 11) is 0. The van der Waals surface area contributed by atoms with Crippen LogP contribution in [0.2, 0.25) is 0 Å². The van der Waals surface area contributed by atoms with E-state index in [1.807, 2.05) is 121 Å². The third kappa shape index (κ3) is 9.88. The summed E-state index contributed by atoms with van der Waals surface area (Å²) in [6.45, 7) is 5.43. The average Bonchev–Trinajstić information content (AvgIpc) is 3.37. The number of hydrogen-bond acceptors (Lipinski definition) is 6. The molecule has 1 N–H and O–H groups in total. The summed E-state index contributed by atoms with van der Waals surface area (Å²) in [5, 5.41) is 3.13. The zero-order valence-corrected chi connectivity index (χ0v) is 41.3. The molecule has 4 heterocycles. The van der Waals surface area contributed by atoms with Crippen LogP contribution in [0.5, 0.6) is 0 Å². The lowest BCUT2D eigenvalue weighted by molar-refractivity contribution is -0.188. The molecular weight excluding hydrogens is 975 g/mol. The van der Waals surface area contributed by atoms with Gasteiger partial charge in [-0.1, -0.05) is 146 Å². The monoisotopic (exact) mass is 1030 g/mol. The Balaban J connectivity index is 0.000000184. The van der Waals surface area contributed by atoms with Crippen LogP contribution in [0.25, 0.3) is 0 Å². The van der Waals surface area contributed by atoms with E-state index >= 15 is 0 Å². The Kier molecular flexibility index (Phi) is 14.2. The Hall–Kier alpha value is -7.79. The van der Waals surface area contributed by atoms with Crippen LogP contribution in [-0.2, 0) is 49.4 Å². The van der Waals surface area contributed by atoms with E-state index in [2.05, 4.69) is 5.32 Å². The number of carbonyl (C=O) groups excluding carboxylic acids is 5. The SMILES string of the molecule is CC(=O)N1CC2(C1)C(=O)N(C(c1ccccc1)c1ccccc1)C(C)C(=O)N2Cc1ccc(C(F)(F)F)cc1.CC1C(=O)N(Cc2ccc(C(F)(F)F)cc2)C2(CNC2)C(=O)N1C(c1ccccc1)c1ccccc1. The summed E-state index contributed by atoms with van der Waals surface area (Å²) >= 11 is 0. The number of alkyl halides is 6. The van der Waals surface area contributed by atoms with Gasteiger partial charge in [0.25, 0.3) is 11.8 Å². The molecule has 4 aliphatic rings. The van der Waals surface area contributed by atoms with Crippen LogP contribution in [0.15, 0.2) is 170 Å². The Labute approximate surface area is 430 Å². The molecule has 2 atom stereocenters. The molecule has 11 nitrogen and oxygen atoms in total. The summed E-state index contributed by atoms with van der Waals surface area (Å²) in [5.41, 5.74) is 0.532. The summed E-state index contributed by atoms with van der Waals surface area (Å²) in [6, 6.07) is 44.8. The lowest BCUT2D eigenvalue weighted by Gasteiger charge is -2.60. The molecule has 6 aromatic carbocycles. The average molecular weight is 1030 g/mol. The van der Waals surface area contributed by atoms with Crippen molar-refractivity contribution in [3.8, 4) is 0 Å². The van der Waals surface area contributed by atoms with Gasteiger partial charge in [-0.15, -0.1) is 0 Å². The Morgan fingerprint density at radius 1 is 0.507 bits per heavy atom. The van der Waals surface area contributed by atoms with E-state index < -0.39 is 58.7 Å². The van der Waals surface area contributed by atoms with Gasteiger partial charge in [0, 0.05) is 33.1 Å². The van der Waals surface area contributed by atoms with Gasteiger partial charge in [0.1, 0.15) is 17.6 Å². The fourth-order valence-electron chi connectivity index (χ4n) is 10.7. The van der Waals surface area contributed by atoms with Crippen LogP contribution in [0.4, 0.5) is 26.3 Å². The van der Waals surface area contributed by atoms with Gasteiger partial charge in [0.15, 0.2) is 5.54 Å². The van der Waals surface area contributed by atoms with Gasteiger partial charge in [-0.3, -0.25) is 24.0 Å². The van der Waals surface area contributed by atoms with Gasteiger partial charge in [-0.25, -0.2) is 0 Å². The molecule has 10 rings (SSSR count). The molecule has 75 heavy (non-hydrogen) atoms. The van der Waals surface area contributed by atoms with Gasteiger partial charge in [-0.2, -0.15) is 26.3 Å². The van der Waals surface area contributed by atoms with E-state index in [1.165, 1.54) is 41.0 Å². The largest absolute Gasteiger partial charge is 0.416 e.